The quantitative estimate of drug-likeness (QED) is 0.812. The number of nitrogens with zero attached hydrogens (tertiary/aromatic N) is 2. The minimum atomic E-state index is 0.742. The molecular weight excluding hydrogens is 246 g/mol. The van der Waals surface area contributed by atoms with Gasteiger partial charge >= 0.3 is 0 Å². The second-order valence-electron chi connectivity index (χ2n) is 7.33. The first-order valence-electron chi connectivity index (χ1n) is 8.76. The summed E-state index contributed by atoms with van der Waals surface area (Å²) in [5.74, 6) is 1.69. The lowest BCUT2D eigenvalue weighted by Crippen LogP contribution is -2.51. The molecule has 2 fully saturated rings. The van der Waals surface area contributed by atoms with Gasteiger partial charge < -0.3 is 10.6 Å². The first kappa shape index (κ1) is 16.3. The Morgan fingerprint density at radius 1 is 1.20 bits per heavy atom. The average molecular weight is 281 g/mol. The van der Waals surface area contributed by atoms with Crippen LogP contribution >= 0.6 is 0 Å². The van der Waals surface area contributed by atoms with Gasteiger partial charge in [0.05, 0.1) is 0 Å². The van der Waals surface area contributed by atoms with Gasteiger partial charge in [-0.25, -0.2) is 0 Å². The average Bonchev–Trinajstić information content (AvgIpc) is 2.86. The van der Waals surface area contributed by atoms with E-state index in [0.717, 1.165) is 30.5 Å². The van der Waals surface area contributed by atoms with E-state index in [2.05, 4.69) is 30.8 Å². The first-order valence-corrected chi connectivity index (χ1v) is 8.76. The maximum Gasteiger partial charge on any atom is 0.0226 e. The van der Waals surface area contributed by atoms with Crippen molar-refractivity contribution < 1.29 is 0 Å². The van der Waals surface area contributed by atoms with E-state index in [4.69, 9.17) is 5.73 Å². The van der Waals surface area contributed by atoms with Crippen molar-refractivity contribution in [1.82, 2.24) is 9.80 Å². The zero-order chi connectivity index (χ0) is 14.5. The van der Waals surface area contributed by atoms with Crippen molar-refractivity contribution in [1.29, 1.82) is 0 Å². The lowest BCUT2D eigenvalue weighted by molar-refractivity contribution is 0.0605. The Morgan fingerprint density at radius 2 is 2.00 bits per heavy atom. The van der Waals surface area contributed by atoms with Crippen LogP contribution in [-0.4, -0.2) is 55.6 Å². The first-order chi connectivity index (χ1) is 9.65. The fourth-order valence-corrected chi connectivity index (χ4v) is 4.56. The zero-order valence-corrected chi connectivity index (χ0v) is 13.9. The highest BCUT2D eigenvalue weighted by molar-refractivity contribution is 4.93. The van der Waals surface area contributed by atoms with E-state index in [0.29, 0.717) is 0 Å². The maximum atomic E-state index is 6.09. The van der Waals surface area contributed by atoms with Gasteiger partial charge in [0.15, 0.2) is 0 Å². The van der Waals surface area contributed by atoms with Crippen LogP contribution in [0.4, 0.5) is 0 Å². The molecule has 0 bridgehead atoms. The predicted octanol–water partition coefficient (Wildman–Crippen LogP) is 2.56. The molecule has 1 saturated carbocycles. The predicted molar refractivity (Wildman–Crippen MR) is 86.9 cm³/mol. The molecule has 3 heteroatoms. The van der Waals surface area contributed by atoms with Gasteiger partial charge in [-0.15, -0.1) is 0 Å². The van der Waals surface area contributed by atoms with E-state index >= 15 is 0 Å². The topological polar surface area (TPSA) is 32.5 Å². The maximum absolute atomic E-state index is 6.09. The van der Waals surface area contributed by atoms with Crippen molar-refractivity contribution in [3.63, 3.8) is 0 Å². The van der Waals surface area contributed by atoms with Crippen molar-refractivity contribution >= 4 is 0 Å². The molecule has 0 aromatic carbocycles. The van der Waals surface area contributed by atoms with Crippen molar-refractivity contribution in [3.8, 4) is 0 Å². The third-order valence-electron chi connectivity index (χ3n) is 5.49. The van der Waals surface area contributed by atoms with Crippen LogP contribution in [-0.2, 0) is 0 Å². The highest BCUT2D eigenvalue weighted by atomic mass is 15.2. The fourth-order valence-electron chi connectivity index (χ4n) is 4.56. The minimum Gasteiger partial charge on any atom is -0.330 e. The molecule has 1 aliphatic carbocycles. The molecule has 0 amide bonds. The molecule has 2 N–H and O–H groups in total. The molecule has 0 spiro atoms. The molecular formula is C17H35N3. The lowest BCUT2D eigenvalue weighted by atomic mass is 9.75. The lowest BCUT2D eigenvalue weighted by Gasteiger charge is -2.44. The van der Waals surface area contributed by atoms with Crippen molar-refractivity contribution in [2.45, 2.75) is 64.0 Å². The van der Waals surface area contributed by atoms with Gasteiger partial charge in [-0.05, 0) is 64.7 Å². The summed E-state index contributed by atoms with van der Waals surface area (Å²) in [6, 6.07) is 1.53. The number of nitrogens with two attached hydrogens (primary N) is 1. The number of hydrogen-bond donors (Lipinski definition) is 1. The third-order valence-corrected chi connectivity index (χ3v) is 5.49. The Labute approximate surface area is 125 Å². The van der Waals surface area contributed by atoms with E-state index in [-0.39, 0.29) is 0 Å². The second kappa shape index (κ2) is 7.77. The summed E-state index contributed by atoms with van der Waals surface area (Å²) in [4.78, 5) is 5.19. The van der Waals surface area contributed by atoms with Crippen LogP contribution in [0.2, 0.25) is 0 Å². The minimum absolute atomic E-state index is 0.742. The van der Waals surface area contributed by atoms with Crippen LogP contribution in [0.15, 0.2) is 0 Å². The van der Waals surface area contributed by atoms with E-state index < -0.39 is 0 Å². The summed E-state index contributed by atoms with van der Waals surface area (Å²) in [6.45, 7) is 5.73. The molecule has 118 valence electrons. The molecule has 3 nitrogen and oxygen atoms in total. The summed E-state index contributed by atoms with van der Waals surface area (Å²) < 4.78 is 0. The summed E-state index contributed by atoms with van der Waals surface area (Å²) in [7, 11) is 4.41. The Morgan fingerprint density at radius 3 is 2.65 bits per heavy atom. The smallest absolute Gasteiger partial charge is 0.0226 e. The summed E-state index contributed by atoms with van der Waals surface area (Å²) >= 11 is 0. The summed E-state index contributed by atoms with van der Waals surface area (Å²) in [5, 5.41) is 0. The van der Waals surface area contributed by atoms with Crippen LogP contribution in [0.5, 0.6) is 0 Å². The zero-order valence-electron chi connectivity index (χ0n) is 13.9. The van der Waals surface area contributed by atoms with E-state index in [9.17, 15) is 0 Å². The number of likely N-dealkylation sites (N-methyl/N-ethyl adjacent to an activating group) is 1. The van der Waals surface area contributed by atoms with E-state index in [1.165, 1.54) is 58.0 Å². The number of rotatable bonds is 6. The van der Waals surface area contributed by atoms with Crippen LogP contribution in [0.3, 0.4) is 0 Å². The molecule has 1 aliphatic heterocycles. The molecule has 0 aromatic rings. The van der Waals surface area contributed by atoms with Gasteiger partial charge in [-0.1, -0.05) is 26.2 Å². The van der Waals surface area contributed by atoms with Gasteiger partial charge in [0, 0.05) is 18.6 Å². The largest absolute Gasteiger partial charge is 0.330 e. The number of likely N-dealkylation sites (tertiary alicyclic amines) is 1. The monoisotopic (exact) mass is 281 g/mol. The Balaban J connectivity index is 2.01. The standard InChI is InChI=1S/C17H35N3/c1-4-6-14-8-9-15(12-18)17(11-14)20-10-5-7-16(20)13-19(2)3/h14-17H,4-13,18H2,1-3H3. The Kier molecular flexibility index (Phi) is 6.31. The molecule has 0 radical (unpaired) electrons. The van der Waals surface area contributed by atoms with Crippen LogP contribution in [0, 0.1) is 11.8 Å². The van der Waals surface area contributed by atoms with Crippen LogP contribution in [0.1, 0.15) is 51.9 Å². The molecule has 1 heterocycles. The van der Waals surface area contributed by atoms with Gasteiger partial charge in [0.1, 0.15) is 0 Å². The highest BCUT2D eigenvalue weighted by Crippen LogP contribution is 2.37. The van der Waals surface area contributed by atoms with Crippen molar-refractivity contribution in [2.24, 2.45) is 17.6 Å². The Hall–Kier alpha value is -0.120. The summed E-state index contributed by atoms with van der Waals surface area (Å²) in [6.07, 6.45) is 9.69. The third kappa shape index (κ3) is 3.96. The van der Waals surface area contributed by atoms with Crippen molar-refractivity contribution in [3.05, 3.63) is 0 Å². The van der Waals surface area contributed by atoms with Crippen molar-refractivity contribution in [2.75, 3.05) is 33.7 Å². The van der Waals surface area contributed by atoms with E-state index in [1.807, 2.05) is 0 Å². The second-order valence-corrected chi connectivity index (χ2v) is 7.33. The van der Waals surface area contributed by atoms with Gasteiger partial charge in [0.2, 0.25) is 0 Å². The molecule has 4 unspecified atom stereocenters. The molecule has 2 aliphatic rings. The van der Waals surface area contributed by atoms with Gasteiger partial charge in [-0.3, -0.25) is 4.90 Å². The SMILES string of the molecule is CCCC1CCC(CN)C(N2CCCC2CN(C)C)C1. The van der Waals surface area contributed by atoms with Crippen LogP contribution < -0.4 is 5.73 Å². The van der Waals surface area contributed by atoms with Gasteiger partial charge in [-0.2, -0.15) is 0 Å². The molecule has 0 aromatic heterocycles. The number of hydrogen-bond acceptors (Lipinski definition) is 3. The Bertz CT molecular complexity index is 279. The molecule has 2 rings (SSSR count). The van der Waals surface area contributed by atoms with Crippen LogP contribution in [0.25, 0.3) is 0 Å². The molecule has 4 atom stereocenters. The van der Waals surface area contributed by atoms with E-state index in [1.54, 1.807) is 0 Å². The molecule has 20 heavy (non-hydrogen) atoms. The summed E-state index contributed by atoms with van der Waals surface area (Å²) in [5.41, 5.74) is 6.09. The van der Waals surface area contributed by atoms with Gasteiger partial charge in [0.25, 0.3) is 0 Å². The highest BCUT2D eigenvalue weighted by Gasteiger charge is 2.38. The fraction of sp³-hybridized carbons (Fsp3) is 1.00. The molecule has 1 saturated heterocycles. The normalized spacial score (nSPS) is 35.9.